The van der Waals surface area contributed by atoms with E-state index in [1.807, 2.05) is 36.4 Å². The summed E-state index contributed by atoms with van der Waals surface area (Å²) in [5, 5.41) is 12.1. The van der Waals surface area contributed by atoms with Crippen molar-refractivity contribution in [3.05, 3.63) is 59.7 Å². The molecule has 2 N–H and O–H groups in total. The molecule has 1 atom stereocenters. The average Bonchev–Trinajstić information content (AvgIpc) is 3.38. The number of carboxylic acid groups (broad SMARTS) is 1. The highest BCUT2D eigenvalue weighted by Gasteiger charge is 2.49. The first-order valence-electron chi connectivity index (χ1n) is 10.9. The number of carbonyl (C=O) groups is 3. The van der Waals surface area contributed by atoms with Gasteiger partial charge in [0, 0.05) is 26.0 Å². The molecule has 1 aliphatic heterocycles. The third-order valence-electron chi connectivity index (χ3n) is 6.59. The van der Waals surface area contributed by atoms with Crippen molar-refractivity contribution in [2.24, 2.45) is 0 Å². The Morgan fingerprint density at radius 1 is 1.09 bits per heavy atom. The summed E-state index contributed by atoms with van der Waals surface area (Å²) in [5.74, 6) is -1.59. The molecule has 2 aromatic rings. The fourth-order valence-corrected chi connectivity index (χ4v) is 4.72. The highest BCUT2D eigenvalue weighted by molar-refractivity contribution is 5.90. The number of ether oxygens (including phenoxy) is 2. The first-order chi connectivity index (χ1) is 15.7. The summed E-state index contributed by atoms with van der Waals surface area (Å²) >= 11 is 0. The number of benzene rings is 2. The molecular weight excluding hydrogens is 424 g/mol. The Morgan fingerprint density at radius 2 is 1.67 bits per heavy atom. The molecule has 1 heterocycles. The molecule has 0 spiro atoms. The maximum absolute atomic E-state index is 13.0. The Morgan fingerprint density at radius 3 is 2.18 bits per heavy atom. The molecule has 33 heavy (non-hydrogen) atoms. The lowest BCUT2D eigenvalue weighted by molar-refractivity contribution is -0.161. The van der Waals surface area contributed by atoms with Crippen LogP contribution in [0.3, 0.4) is 0 Å². The Labute approximate surface area is 192 Å². The minimum atomic E-state index is -1.42. The molecule has 4 rings (SSSR count). The lowest BCUT2D eigenvalue weighted by Crippen LogP contribution is -2.56. The van der Waals surface area contributed by atoms with Crippen molar-refractivity contribution in [2.75, 3.05) is 26.8 Å². The fraction of sp³-hybridized carbons (Fsp3) is 0.400. The smallest absolute Gasteiger partial charge is 0.408 e. The first kappa shape index (κ1) is 22.8. The topological polar surface area (TPSA) is 105 Å². The number of nitrogens with zero attached hydrogens (tertiary/aromatic N) is 1. The van der Waals surface area contributed by atoms with E-state index in [9.17, 15) is 19.5 Å². The van der Waals surface area contributed by atoms with Crippen molar-refractivity contribution in [3.63, 3.8) is 0 Å². The number of aliphatic carboxylic acids is 1. The molecule has 2 amide bonds. The second kappa shape index (κ2) is 8.51. The molecule has 1 unspecified atom stereocenters. The van der Waals surface area contributed by atoms with Crippen LogP contribution in [0.25, 0.3) is 11.1 Å². The van der Waals surface area contributed by atoms with Gasteiger partial charge in [0.05, 0.1) is 6.54 Å². The van der Waals surface area contributed by atoms with Crippen molar-refractivity contribution in [1.82, 2.24) is 10.2 Å². The maximum Gasteiger partial charge on any atom is 0.408 e. The monoisotopic (exact) mass is 452 g/mol. The number of rotatable bonds is 6. The predicted molar refractivity (Wildman–Crippen MR) is 121 cm³/mol. The van der Waals surface area contributed by atoms with Gasteiger partial charge in [-0.3, -0.25) is 4.79 Å². The van der Waals surface area contributed by atoms with Gasteiger partial charge in [0.25, 0.3) is 0 Å². The van der Waals surface area contributed by atoms with E-state index in [1.54, 1.807) is 13.8 Å². The highest BCUT2D eigenvalue weighted by atomic mass is 16.5. The summed E-state index contributed by atoms with van der Waals surface area (Å²) in [5.41, 5.74) is 1.77. The molecule has 0 saturated carbocycles. The number of nitrogens with one attached hydrogen (secondary N) is 1. The molecule has 0 bridgehead atoms. The zero-order chi connectivity index (χ0) is 23.8. The van der Waals surface area contributed by atoms with Gasteiger partial charge in [-0.1, -0.05) is 48.5 Å². The fourth-order valence-electron chi connectivity index (χ4n) is 4.72. The van der Waals surface area contributed by atoms with Crippen LogP contribution in [0.1, 0.15) is 37.3 Å². The minimum Gasteiger partial charge on any atom is -0.479 e. The summed E-state index contributed by atoms with van der Waals surface area (Å²) in [6.45, 7) is 3.44. The van der Waals surface area contributed by atoms with Crippen LogP contribution in [-0.2, 0) is 19.1 Å². The third-order valence-corrected chi connectivity index (χ3v) is 6.59. The number of amides is 2. The van der Waals surface area contributed by atoms with Crippen molar-refractivity contribution < 1.29 is 29.0 Å². The lowest BCUT2D eigenvalue weighted by atomic mass is 9.98. The van der Waals surface area contributed by atoms with Gasteiger partial charge in [0.2, 0.25) is 5.91 Å². The number of methoxy groups -OCH3 is 1. The van der Waals surface area contributed by atoms with Crippen LogP contribution in [0, 0.1) is 0 Å². The molecule has 0 aromatic heterocycles. The Hall–Kier alpha value is -3.39. The molecule has 2 aromatic carbocycles. The number of fused-ring (bicyclic) bond motifs is 3. The van der Waals surface area contributed by atoms with E-state index in [0.29, 0.717) is 0 Å². The van der Waals surface area contributed by atoms with E-state index >= 15 is 0 Å². The maximum atomic E-state index is 13.0. The average molecular weight is 453 g/mol. The molecule has 2 aliphatic rings. The van der Waals surface area contributed by atoms with Gasteiger partial charge in [-0.25, -0.2) is 9.59 Å². The largest absolute Gasteiger partial charge is 0.479 e. The van der Waals surface area contributed by atoms with E-state index in [0.717, 1.165) is 22.3 Å². The van der Waals surface area contributed by atoms with Gasteiger partial charge < -0.3 is 24.8 Å². The summed E-state index contributed by atoms with van der Waals surface area (Å²) in [6, 6.07) is 16.1. The molecule has 1 saturated heterocycles. The quantitative estimate of drug-likeness (QED) is 0.698. The highest BCUT2D eigenvalue weighted by Crippen LogP contribution is 2.44. The molecule has 1 aliphatic carbocycles. The number of alkyl carbamates (subject to hydrolysis) is 1. The van der Waals surface area contributed by atoms with Gasteiger partial charge in [-0.2, -0.15) is 0 Å². The lowest BCUT2D eigenvalue weighted by Gasteiger charge is -2.31. The SMILES string of the molecule is COC1(C(=O)O)CCN(C(=O)C(C)(C)NC(=O)OCC2c3ccccc3-c3ccccc32)C1. The molecule has 8 heteroatoms. The summed E-state index contributed by atoms with van der Waals surface area (Å²) in [6.07, 6.45) is -0.517. The Kier molecular flexibility index (Phi) is 5.88. The standard InChI is InChI=1S/C25H28N2O6/c1-24(2,21(28)27-13-12-25(15-27,32-3)22(29)30)26-23(31)33-14-20-18-10-6-4-8-16(18)17-9-5-7-11-19(17)20/h4-11,20H,12-15H2,1-3H3,(H,26,31)(H,29,30). The zero-order valence-electron chi connectivity index (χ0n) is 19.0. The van der Waals surface area contributed by atoms with E-state index in [-0.39, 0.29) is 32.0 Å². The summed E-state index contributed by atoms with van der Waals surface area (Å²) in [4.78, 5) is 38.6. The number of carboxylic acids is 1. The summed E-state index contributed by atoms with van der Waals surface area (Å²) in [7, 11) is 1.32. The Balaban J connectivity index is 1.40. The van der Waals surface area contributed by atoms with Gasteiger partial charge in [0.15, 0.2) is 5.60 Å². The van der Waals surface area contributed by atoms with Crippen LogP contribution in [0.2, 0.25) is 0 Å². The second-order valence-electron chi connectivity index (χ2n) is 9.06. The van der Waals surface area contributed by atoms with Gasteiger partial charge >= 0.3 is 12.1 Å². The second-order valence-corrected chi connectivity index (χ2v) is 9.06. The van der Waals surface area contributed by atoms with Gasteiger partial charge in [0.1, 0.15) is 12.1 Å². The number of likely N-dealkylation sites (tertiary alicyclic amines) is 1. The third kappa shape index (κ3) is 4.06. The molecule has 0 radical (unpaired) electrons. The molecule has 1 fully saturated rings. The van der Waals surface area contributed by atoms with Crippen LogP contribution in [-0.4, -0.2) is 65.9 Å². The predicted octanol–water partition coefficient (Wildman–Crippen LogP) is 3.01. The van der Waals surface area contributed by atoms with Gasteiger partial charge in [-0.15, -0.1) is 0 Å². The molecule has 174 valence electrons. The minimum absolute atomic E-state index is 0.0759. The zero-order valence-corrected chi connectivity index (χ0v) is 19.0. The summed E-state index contributed by atoms with van der Waals surface area (Å²) < 4.78 is 10.7. The molecule has 8 nitrogen and oxygen atoms in total. The van der Waals surface area contributed by atoms with Gasteiger partial charge in [-0.05, 0) is 36.1 Å². The van der Waals surface area contributed by atoms with Crippen LogP contribution in [0.15, 0.2) is 48.5 Å². The Bertz CT molecular complexity index is 1050. The van der Waals surface area contributed by atoms with Crippen molar-refractivity contribution >= 4 is 18.0 Å². The van der Waals surface area contributed by atoms with Crippen LogP contribution in [0.5, 0.6) is 0 Å². The first-order valence-corrected chi connectivity index (χ1v) is 10.9. The van der Waals surface area contributed by atoms with Crippen molar-refractivity contribution in [2.45, 2.75) is 37.3 Å². The van der Waals surface area contributed by atoms with E-state index < -0.39 is 29.1 Å². The normalized spacial score (nSPS) is 19.7. The van der Waals surface area contributed by atoms with E-state index in [2.05, 4.69) is 17.4 Å². The van der Waals surface area contributed by atoms with Crippen molar-refractivity contribution in [1.29, 1.82) is 0 Å². The van der Waals surface area contributed by atoms with Crippen molar-refractivity contribution in [3.8, 4) is 11.1 Å². The van der Waals surface area contributed by atoms with Crippen LogP contribution in [0.4, 0.5) is 4.79 Å². The van der Waals surface area contributed by atoms with Crippen LogP contribution >= 0.6 is 0 Å². The number of carbonyl (C=O) groups excluding carboxylic acids is 2. The number of hydrogen-bond donors (Lipinski definition) is 2. The number of hydrogen-bond acceptors (Lipinski definition) is 5. The van der Waals surface area contributed by atoms with E-state index in [1.165, 1.54) is 12.0 Å². The molecular formula is C25H28N2O6. The van der Waals surface area contributed by atoms with E-state index in [4.69, 9.17) is 9.47 Å². The van der Waals surface area contributed by atoms with Crippen LogP contribution < -0.4 is 5.32 Å².